The Morgan fingerprint density at radius 2 is 2.07 bits per heavy atom. The molecule has 0 radical (unpaired) electrons. The number of halogens is 1. The summed E-state index contributed by atoms with van der Waals surface area (Å²) in [4.78, 5) is 16.3. The lowest BCUT2D eigenvalue weighted by atomic mass is 10.1. The molecule has 2 heterocycles. The molecule has 156 valence electrons. The number of esters is 1. The Morgan fingerprint density at radius 1 is 1.31 bits per heavy atom. The van der Waals surface area contributed by atoms with E-state index in [0.29, 0.717) is 40.8 Å². The molecule has 8 heteroatoms. The second-order valence-electron chi connectivity index (χ2n) is 7.73. The molecule has 1 aromatic rings. The van der Waals surface area contributed by atoms with Crippen molar-refractivity contribution in [3.05, 3.63) is 58.9 Å². The highest BCUT2D eigenvalue weighted by molar-refractivity contribution is 6.76. The maximum atomic E-state index is 11.9. The van der Waals surface area contributed by atoms with Gasteiger partial charge in [0.15, 0.2) is 0 Å². The topological polar surface area (TPSA) is 64.0 Å². The van der Waals surface area contributed by atoms with Gasteiger partial charge >= 0.3 is 5.97 Å². The van der Waals surface area contributed by atoms with Gasteiger partial charge in [0.2, 0.25) is 0 Å². The number of rotatable bonds is 8. The summed E-state index contributed by atoms with van der Waals surface area (Å²) >= 11 is 6.22. The number of ether oxygens (including phenoxy) is 2. The summed E-state index contributed by atoms with van der Waals surface area (Å²) in [6, 6.07) is 4.48. The first kappa shape index (κ1) is 23.1. The molecule has 6 nitrogen and oxygen atoms in total. The van der Waals surface area contributed by atoms with Gasteiger partial charge in [-0.2, -0.15) is 5.10 Å². The number of hydrogen-bond donors (Lipinski definition) is 0. The van der Waals surface area contributed by atoms with Crippen LogP contribution >= 0.6 is 11.6 Å². The van der Waals surface area contributed by atoms with Crippen LogP contribution in [0.3, 0.4) is 0 Å². The zero-order valence-electron chi connectivity index (χ0n) is 17.4. The number of aromatic nitrogens is 1. The molecule has 0 atom stereocenters. The highest BCUT2D eigenvalue weighted by atomic mass is 35.5. The Morgan fingerprint density at radius 3 is 2.69 bits per heavy atom. The van der Waals surface area contributed by atoms with Gasteiger partial charge < -0.3 is 9.47 Å². The van der Waals surface area contributed by atoms with Gasteiger partial charge in [-0.1, -0.05) is 37.8 Å². The van der Waals surface area contributed by atoms with Crippen molar-refractivity contribution in [3.63, 3.8) is 0 Å². The number of hydrazone groups is 1. The molecule has 2 rings (SSSR count). The van der Waals surface area contributed by atoms with E-state index in [-0.39, 0.29) is 6.73 Å². The van der Waals surface area contributed by atoms with Crippen LogP contribution in [0, 0.1) is 0 Å². The first-order chi connectivity index (χ1) is 13.7. The molecule has 0 unspecified atom stereocenters. The lowest BCUT2D eigenvalue weighted by Crippen LogP contribution is -2.25. The van der Waals surface area contributed by atoms with Crippen LogP contribution in [0.2, 0.25) is 25.7 Å². The Hall–Kier alpha value is -2.22. The minimum absolute atomic E-state index is 0.271. The van der Waals surface area contributed by atoms with E-state index in [1.165, 1.54) is 6.20 Å². The maximum absolute atomic E-state index is 11.9. The van der Waals surface area contributed by atoms with Crippen molar-refractivity contribution in [2.75, 3.05) is 19.9 Å². The third kappa shape index (κ3) is 7.27. The van der Waals surface area contributed by atoms with E-state index in [4.69, 9.17) is 21.1 Å². The smallest absolute Gasteiger partial charge is 0.339 e. The lowest BCUT2D eigenvalue weighted by molar-refractivity contribution is 0.0525. The summed E-state index contributed by atoms with van der Waals surface area (Å²) in [5.41, 5.74) is 2.33. The predicted octanol–water partition coefficient (Wildman–Crippen LogP) is 4.89. The Labute approximate surface area is 178 Å². The van der Waals surface area contributed by atoms with Crippen LogP contribution in [0.25, 0.3) is 5.70 Å². The van der Waals surface area contributed by atoms with E-state index in [1.54, 1.807) is 36.4 Å². The van der Waals surface area contributed by atoms with Crippen molar-refractivity contribution < 1.29 is 14.3 Å². The van der Waals surface area contributed by atoms with Crippen LogP contribution in [0.1, 0.15) is 23.0 Å². The van der Waals surface area contributed by atoms with Crippen molar-refractivity contribution in [3.8, 4) is 0 Å². The summed E-state index contributed by atoms with van der Waals surface area (Å²) in [5, 5.41) is 6.64. The number of pyridine rings is 1. The minimum atomic E-state index is -1.18. The molecule has 29 heavy (non-hydrogen) atoms. The zero-order chi connectivity index (χ0) is 21.4. The zero-order valence-corrected chi connectivity index (χ0v) is 19.2. The Kier molecular flexibility index (Phi) is 8.37. The molecule has 0 aromatic carbocycles. The van der Waals surface area contributed by atoms with Crippen molar-refractivity contribution in [2.45, 2.75) is 32.6 Å². The van der Waals surface area contributed by atoms with Crippen molar-refractivity contribution in [2.24, 2.45) is 5.10 Å². The fourth-order valence-corrected chi connectivity index (χ4v) is 3.24. The van der Waals surface area contributed by atoms with Crippen LogP contribution in [-0.4, -0.2) is 50.2 Å². The highest BCUT2D eigenvalue weighted by Crippen LogP contribution is 2.25. The standard InChI is InChI=1S/C21H28ClN3O3Si/c1-6-28-21(26)17-7-8-19(23-14-17)20-13-16(2)18(22)9-10-24-25(20)15-27-11-12-29(3,4)5/h7-10,13-14H,2,6,11-12,15H2,1,3-5H3/b18-9+,20-13-,24-10-. The van der Waals surface area contributed by atoms with E-state index in [0.717, 1.165) is 6.04 Å². The minimum Gasteiger partial charge on any atom is -0.462 e. The fourth-order valence-electron chi connectivity index (χ4n) is 2.38. The highest BCUT2D eigenvalue weighted by Gasteiger charge is 2.18. The quantitative estimate of drug-likeness (QED) is 0.331. The predicted molar refractivity (Wildman–Crippen MR) is 121 cm³/mol. The van der Waals surface area contributed by atoms with Crippen LogP contribution in [-0.2, 0) is 9.47 Å². The molecule has 0 saturated heterocycles. The third-order valence-corrected chi connectivity index (χ3v) is 6.14. The summed E-state index contributed by atoms with van der Waals surface area (Å²) < 4.78 is 10.9. The SMILES string of the molecule is C=C1/C=C(/c2ccc(C(=O)OCC)cn2)N(COCC[Si](C)(C)C)/N=C\C=C/1Cl. The van der Waals surface area contributed by atoms with E-state index in [2.05, 4.69) is 36.3 Å². The maximum Gasteiger partial charge on any atom is 0.339 e. The van der Waals surface area contributed by atoms with Crippen LogP contribution in [0.15, 0.2) is 52.8 Å². The first-order valence-electron chi connectivity index (χ1n) is 9.51. The largest absolute Gasteiger partial charge is 0.462 e. The molecule has 0 saturated carbocycles. The number of allylic oxidation sites excluding steroid dienone is 4. The summed E-state index contributed by atoms with van der Waals surface area (Å²) in [6.45, 7) is 13.9. The van der Waals surface area contributed by atoms with Gasteiger partial charge in [-0.3, -0.25) is 4.98 Å². The van der Waals surface area contributed by atoms with Gasteiger partial charge in [0.05, 0.1) is 23.6 Å². The molecule has 0 N–H and O–H groups in total. The van der Waals surface area contributed by atoms with Gasteiger partial charge in [-0.15, -0.1) is 0 Å². The molecular formula is C21H28ClN3O3Si. The summed E-state index contributed by atoms with van der Waals surface area (Å²) in [6.07, 6.45) is 6.59. The molecule has 0 fully saturated rings. The van der Waals surface area contributed by atoms with Crippen LogP contribution in [0.5, 0.6) is 0 Å². The summed E-state index contributed by atoms with van der Waals surface area (Å²) in [5.74, 6) is -0.404. The molecule has 0 bridgehead atoms. The van der Waals surface area contributed by atoms with Gasteiger partial charge in [0.1, 0.15) is 6.73 Å². The van der Waals surface area contributed by atoms with Gasteiger partial charge in [0.25, 0.3) is 0 Å². The van der Waals surface area contributed by atoms with Gasteiger partial charge in [-0.25, -0.2) is 9.80 Å². The molecule has 0 aliphatic carbocycles. The average Bonchev–Trinajstić information content (AvgIpc) is 2.66. The molecule has 1 aliphatic rings. The average molecular weight is 434 g/mol. The van der Waals surface area contributed by atoms with Gasteiger partial charge in [-0.05, 0) is 42.8 Å². The molecule has 0 spiro atoms. The second-order valence-corrected chi connectivity index (χ2v) is 13.8. The van der Waals surface area contributed by atoms with Crippen molar-refractivity contribution >= 4 is 37.6 Å². The number of hydrogen-bond acceptors (Lipinski definition) is 6. The number of carbonyl (C=O) groups excluding carboxylic acids is 1. The second kappa shape index (κ2) is 10.5. The first-order valence-corrected chi connectivity index (χ1v) is 13.6. The monoisotopic (exact) mass is 433 g/mol. The molecule has 1 aromatic heterocycles. The molecule has 0 amide bonds. The normalized spacial score (nSPS) is 19.5. The Balaban J connectivity index is 2.24. The van der Waals surface area contributed by atoms with E-state index in [1.807, 2.05) is 6.08 Å². The Bertz CT molecular complexity index is 827. The van der Waals surface area contributed by atoms with E-state index < -0.39 is 14.0 Å². The van der Waals surface area contributed by atoms with Crippen LogP contribution < -0.4 is 0 Å². The van der Waals surface area contributed by atoms with Gasteiger partial charge in [0, 0.05) is 32.1 Å². The number of carbonyl (C=O) groups is 1. The van der Waals surface area contributed by atoms with E-state index in [9.17, 15) is 4.79 Å². The molecular weight excluding hydrogens is 406 g/mol. The van der Waals surface area contributed by atoms with Crippen molar-refractivity contribution in [1.82, 2.24) is 9.99 Å². The summed E-state index contributed by atoms with van der Waals surface area (Å²) in [7, 11) is -1.18. The third-order valence-electron chi connectivity index (χ3n) is 4.07. The fraction of sp³-hybridized carbons (Fsp3) is 0.381. The van der Waals surface area contributed by atoms with Crippen molar-refractivity contribution in [1.29, 1.82) is 0 Å². The lowest BCUT2D eigenvalue weighted by Gasteiger charge is -2.24. The molecule has 1 aliphatic heterocycles. The van der Waals surface area contributed by atoms with Crippen LogP contribution in [0.4, 0.5) is 0 Å². The van der Waals surface area contributed by atoms with E-state index >= 15 is 0 Å². The number of nitrogens with zero attached hydrogens (tertiary/aromatic N) is 3.